The molecular formula is C14H13N3O. The van der Waals surface area contributed by atoms with Gasteiger partial charge in [-0.3, -0.25) is 9.36 Å². The van der Waals surface area contributed by atoms with Gasteiger partial charge in [0.25, 0.3) is 5.56 Å². The van der Waals surface area contributed by atoms with Gasteiger partial charge in [0.1, 0.15) is 11.6 Å². The second-order valence-corrected chi connectivity index (χ2v) is 4.26. The molecule has 2 rings (SSSR count). The number of hydrogen-bond donors (Lipinski definition) is 1. The van der Waals surface area contributed by atoms with Crippen molar-refractivity contribution in [3.8, 4) is 11.8 Å². The summed E-state index contributed by atoms with van der Waals surface area (Å²) >= 11 is 0. The fraction of sp³-hybridized carbons (Fsp3) is 0.143. The summed E-state index contributed by atoms with van der Waals surface area (Å²) in [6.07, 6.45) is 1.54. The smallest absolute Gasteiger partial charge is 0.273 e. The zero-order chi connectivity index (χ0) is 13.3. The molecule has 1 heterocycles. The lowest BCUT2D eigenvalue weighted by atomic mass is 10.1. The van der Waals surface area contributed by atoms with E-state index in [1.807, 2.05) is 38.1 Å². The van der Waals surface area contributed by atoms with Gasteiger partial charge < -0.3 is 5.73 Å². The van der Waals surface area contributed by atoms with Crippen molar-refractivity contribution in [1.29, 1.82) is 5.26 Å². The van der Waals surface area contributed by atoms with Crippen LogP contribution >= 0.6 is 0 Å². The van der Waals surface area contributed by atoms with Gasteiger partial charge in [-0.2, -0.15) is 5.26 Å². The lowest BCUT2D eigenvalue weighted by Gasteiger charge is -2.11. The number of aromatic nitrogens is 1. The maximum atomic E-state index is 12.1. The molecule has 0 saturated carbocycles. The van der Waals surface area contributed by atoms with E-state index >= 15 is 0 Å². The first kappa shape index (κ1) is 11.9. The van der Waals surface area contributed by atoms with Gasteiger partial charge in [0, 0.05) is 11.9 Å². The van der Waals surface area contributed by atoms with Gasteiger partial charge in [0.2, 0.25) is 0 Å². The van der Waals surface area contributed by atoms with Crippen molar-refractivity contribution >= 4 is 5.69 Å². The third-order valence-electron chi connectivity index (χ3n) is 2.77. The molecule has 4 heteroatoms. The summed E-state index contributed by atoms with van der Waals surface area (Å²) < 4.78 is 1.42. The Balaban J connectivity index is 2.76. The minimum atomic E-state index is -0.348. The fourth-order valence-corrected chi connectivity index (χ4v) is 1.94. The van der Waals surface area contributed by atoms with Gasteiger partial charge in [-0.25, -0.2) is 0 Å². The molecule has 1 aromatic heterocycles. The summed E-state index contributed by atoms with van der Waals surface area (Å²) in [5.41, 5.74) is 8.64. The average Bonchev–Trinajstić information content (AvgIpc) is 2.32. The van der Waals surface area contributed by atoms with Gasteiger partial charge in [0.15, 0.2) is 0 Å². The molecule has 2 N–H and O–H groups in total. The van der Waals surface area contributed by atoms with Crippen LogP contribution in [0.2, 0.25) is 0 Å². The SMILES string of the molecule is Cc1ccc(-n2cc(N)cc(C#N)c2=O)c(C)c1. The Kier molecular flexibility index (Phi) is 2.90. The van der Waals surface area contributed by atoms with Gasteiger partial charge in [0.05, 0.1) is 5.69 Å². The molecule has 0 amide bonds. The summed E-state index contributed by atoms with van der Waals surface area (Å²) in [6.45, 7) is 3.91. The molecule has 1 aromatic carbocycles. The van der Waals surface area contributed by atoms with E-state index in [1.54, 1.807) is 6.20 Å². The molecule has 0 radical (unpaired) electrons. The molecule has 18 heavy (non-hydrogen) atoms. The average molecular weight is 239 g/mol. The second-order valence-electron chi connectivity index (χ2n) is 4.26. The van der Waals surface area contributed by atoms with Crippen LogP contribution in [-0.2, 0) is 0 Å². The maximum Gasteiger partial charge on any atom is 0.273 e. The number of rotatable bonds is 1. The fourth-order valence-electron chi connectivity index (χ4n) is 1.94. The molecule has 90 valence electrons. The van der Waals surface area contributed by atoms with Crippen LogP contribution in [0.15, 0.2) is 35.3 Å². The molecule has 0 bridgehead atoms. The highest BCUT2D eigenvalue weighted by Crippen LogP contribution is 2.15. The Bertz CT molecular complexity index is 708. The Morgan fingerprint density at radius 1 is 1.28 bits per heavy atom. The number of anilines is 1. The first-order valence-electron chi connectivity index (χ1n) is 5.53. The minimum absolute atomic E-state index is 0.0509. The van der Waals surface area contributed by atoms with Crippen LogP contribution in [0.4, 0.5) is 5.69 Å². The monoisotopic (exact) mass is 239 g/mol. The number of hydrogen-bond acceptors (Lipinski definition) is 3. The second kappa shape index (κ2) is 4.38. The summed E-state index contributed by atoms with van der Waals surface area (Å²) in [4.78, 5) is 12.1. The zero-order valence-corrected chi connectivity index (χ0v) is 10.3. The Labute approximate surface area is 105 Å². The minimum Gasteiger partial charge on any atom is -0.397 e. The third-order valence-corrected chi connectivity index (χ3v) is 2.77. The van der Waals surface area contributed by atoms with Crippen molar-refractivity contribution in [2.45, 2.75) is 13.8 Å². The van der Waals surface area contributed by atoms with Crippen LogP contribution in [0, 0.1) is 25.2 Å². The molecule has 0 aliphatic carbocycles. The molecular weight excluding hydrogens is 226 g/mol. The van der Waals surface area contributed by atoms with Crippen LogP contribution in [0.25, 0.3) is 5.69 Å². The van der Waals surface area contributed by atoms with Crippen LogP contribution in [0.3, 0.4) is 0 Å². The first-order chi connectivity index (χ1) is 8.52. The van der Waals surface area contributed by atoms with Gasteiger partial charge in [-0.05, 0) is 31.5 Å². The molecule has 4 nitrogen and oxygen atoms in total. The standard InChI is InChI=1S/C14H13N3O/c1-9-3-4-13(10(2)5-9)17-8-12(16)6-11(7-15)14(17)18/h3-6,8H,16H2,1-2H3. The van der Waals surface area contributed by atoms with Crippen LogP contribution in [0.5, 0.6) is 0 Å². The molecule has 0 aliphatic rings. The number of benzene rings is 1. The number of nitrogens with two attached hydrogens (primary N) is 1. The molecule has 0 atom stereocenters. The quantitative estimate of drug-likeness (QED) is 0.826. The predicted octanol–water partition coefficient (Wildman–Crippen LogP) is 1.91. The molecule has 0 saturated heterocycles. The molecule has 0 aliphatic heterocycles. The van der Waals surface area contributed by atoms with Crippen molar-refractivity contribution in [3.05, 3.63) is 57.5 Å². The van der Waals surface area contributed by atoms with Gasteiger partial charge >= 0.3 is 0 Å². The van der Waals surface area contributed by atoms with Crippen LogP contribution in [-0.4, -0.2) is 4.57 Å². The van der Waals surface area contributed by atoms with E-state index in [1.165, 1.54) is 10.6 Å². The largest absolute Gasteiger partial charge is 0.397 e. The van der Waals surface area contributed by atoms with Crippen molar-refractivity contribution < 1.29 is 0 Å². The number of nitrogens with zero attached hydrogens (tertiary/aromatic N) is 2. The molecule has 2 aromatic rings. The highest BCUT2D eigenvalue weighted by molar-refractivity contribution is 5.49. The van der Waals surface area contributed by atoms with E-state index in [0.717, 1.165) is 16.8 Å². The van der Waals surface area contributed by atoms with E-state index in [2.05, 4.69) is 0 Å². The van der Waals surface area contributed by atoms with Crippen LogP contribution < -0.4 is 11.3 Å². The van der Waals surface area contributed by atoms with E-state index in [-0.39, 0.29) is 11.1 Å². The summed E-state index contributed by atoms with van der Waals surface area (Å²) in [6, 6.07) is 9.01. The van der Waals surface area contributed by atoms with Crippen molar-refractivity contribution in [2.75, 3.05) is 5.73 Å². The number of nitrogen functional groups attached to an aromatic ring is 1. The van der Waals surface area contributed by atoms with E-state index in [4.69, 9.17) is 11.0 Å². The Morgan fingerprint density at radius 2 is 2.00 bits per heavy atom. The highest BCUT2D eigenvalue weighted by atomic mass is 16.1. The third kappa shape index (κ3) is 1.98. The Morgan fingerprint density at radius 3 is 2.61 bits per heavy atom. The molecule has 0 unspecified atom stereocenters. The van der Waals surface area contributed by atoms with Crippen molar-refractivity contribution in [2.24, 2.45) is 0 Å². The Hall–Kier alpha value is -2.54. The lowest BCUT2D eigenvalue weighted by Crippen LogP contribution is -2.21. The normalized spacial score (nSPS) is 10.1. The molecule has 0 spiro atoms. The number of aryl methyl sites for hydroxylation is 2. The zero-order valence-electron chi connectivity index (χ0n) is 10.3. The maximum absolute atomic E-state index is 12.1. The summed E-state index contributed by atoms with van der Waals surface area (Å²) in [5.74, 6) is 0. The van der Waals surface area contributed by atoms with Gasteiger partial charge in [-0.15, -0.1) is 0 Å². The van der Waals surface area contributed by atoms with Crippen molar-refractivity contribution in [3.63, 3.8) is 0 Å². The predicted molar refractivity (Wildman–Crippen MR) is 70.6 cm³/mol. The van der Waals surface area contributed by atoms with Crippen molar-refractivity contribution in [1.82, 2.24) is 4.57 Å². The highest BCUT2D eigenvalue weighted by Gasteiger charge is 2.08. The van der Waals surface area contributed by atoms with E-state index < -0.39 is 0 Å². The molecule has 0 fully saturated rings. The summed E-state index contributed by atoms with van der Waals surface area (Å²) in [7, 11) is 0. The number of pyridine rings is 1. The van der Waals surface area contributed by atoms with E-state index in [0.29, 0.717) is 5.69 Å². The lowest BCUT2D eigenvalue weighted by molar-refractivity contribution is 0.972. The van der Waals surface area contributed by atoms with E-state index in [9.17, 15) is 4.79 Å². The first-order valence-corrected chi connectivity index (χ1v) is 5.53. The van der Waals surface area contributed by atoms with Crippen LogP contribution in [0.1, 0.15) is 16.7 Å². The number of nitriles is 1. The topological polar surface area (TPSA) is 71.8 Å². The van der Waals surface area contributed by atoms with Gasteiger partial charge in [-0.1, -0.05) is 17.7 Å². The summed E-state index contributed by atoms with van der Waals surface area (Å²) in [5, 5.41) is 8.91.